The van der Waals surface area contributed by atoms with Crippen LogP contribution in [-0.4, -0.2) is 43.6 Å². The van der Waals surface area contributed by atoms with Crippen LogP contribution < -0.4 is 10.1 Å². The number of hydrogen-bond donors (Lipinski definition) is 1. The Morgan fingerprint density at radius 1 is 1.25 bits per heavy atom. The van der Waals surface area contributed by atoms with Crippen LogP contribution in [-0.2, 0) is 4.79 Å². The van der Waals surface area contributed by atoms with Crippen LogP contribution in [0.15, 0.2) is 29.8 Å². The first kappa shape index (κ1) is 17.0. The molecule has 1 amide bonds. The first-order valence-electron chi connectivity index (χ1n) is 9.15. The summed E-state index contributed by atoms with van der Waals surface area (Å²) in [7, 11) is 2.21. The van der Waals surface area contributed by atoms with Crippen molar-refractivity contribution in [2.24, 2.45) is 0 Å². The molecule has 4 nitrogen and oxygen atoms in total. The van der Waals surface area contributed by atoms with Crippen molar-refractivity contribution in [1.82, 2.24) is 10.2 Å². The molecular formula is C20H28N2O2. The number of fused-ring (bicyclic) bond motifs is 1. The molecule has 0 spiro atoms. The van der Waals surface area contributed by atoms with Crippen LogP contribution >= 0.6 is 0 Å². The summed E-state index contributed by atoms with van der Waals surface area (Å²) in [4.78, 5) is 14.7. The zero-order valence-electron chi connectivity index (χ0n) is 14.6. The smallest absolute Gasteiger partial charge is 0.250 e. The molecule has 1 aliphatic heterocycles. The number of amides is 1. The Morgan fingerprint density at radius 2 is 2.04 bits per heavy atom. The lowest BCUT2D eigenvalue weighted by Gasteiger charge is -2.31. The predicted molar refractivity (Wildman–Crippen MR) is 97.0 cm³/mol. The van der Waals surface area contributed by atoms with E-state index in [9.17, 15) is 4.79 Å². The van der Waals surface area contributed by atoms with Crippen LogP contribution in [0.1, 0.15) is 44.1 Å². The standard InChI is InChI=1S/C20H28N2O2/c1-22(18-9-3-2-4-10-18)13-7-12-21-20(23)17-14-16-8-5-6-11-19(16)24-15-17/h5-6,8,11,14,18H,2-4,7,9-10,12-13,15H2,1H3,(H,21,23). The van der Waals surface area contributed by atoms with Gasteiger partial charge >= 0.3 is 0 Å². The number of nitrogens with zero attached hydrogens (tertiary/aromatic N) is 1. The van der Waals surface area contributed by atoms with Gasteiger partial charge in [-0.1, -0.05) is 37.5 Å². The second-order valence-corrected chi connectivity index (χ2v) is 6.88. The molecule has 130 valence electrons. The van der Waals surface area contributed by atoms with E-state index in [4.69, 9.17) is 4.74 Å². The first-order valence-corrected chi connectivity index (χ1v) is 9.15. The van der Waals surface area contributed by atoms with Crippen molar-refractivity contribution >= 4 is 12.0 Å². The SMILES string of the molecule is CN(CCCNC(=O)C1=Cc2ccccc2OC1)C1CCCCC1. The molecule has 0 unspecified atom stereocenters. The highest BCUT2D eigenvalue weighted by molar-refractivity contribution is 5.99. The maximum Gasteiger partial charge on any atom is 0.250 e. The van der Waals surface area contributed by atoms with Gasteiger partial charge in [0.05, 0.1) is 5.57 Å². The molecule has 2 aliphatic rings. The number of para-hydroxylation sites is 1. The predicted octanol–water partition coefficient (Wildman–Crippen LogP) is 3.23. The quantitative estimate of drug-likeness (QED) is 0.815. The van der Waals surface area contributed by atoms with Gasteiger partial charge in [0.25, 0.3) is 5.91 Å². The third kappa shape index (κ3) is 4.38. The van der Waals surface area contributed by atoms with E-state index >= 15 is 0 Å². The Labute approximate surface area is 144 Å². The van der Waals surface area contributed by atoms with Crippen molar-refractivity contribution in [2.45, 2.75) is 44.6 Å². The Bertz CT molecular complexity index is 591. The van der Waals surface area contributed by atoms with Gasteiger partial charge in [-0.05, 0) is 45.0 Å². The first-order chi connectivity index (χ1) is 11.7. The molecule has 0 aromatic heterocycles. The molecule has 1 aliphatic carbocycles. The lowest BCUT2D eigenvalue weighted by atomic mass is 9.94. The van der Waals surface area contributed by atoms with Crippen LogP contribution in [0.2, 0.25) is 0 Å². The topological polar surface area (TPSA) is 41.6 Å². The maximum atomic E-state index is 12.3. The van der Waals surface area contributed by atoms with Gasteiger partial charge in [-0.25, -0.2) is 0 Å². The third-order valence-corrected chi connectivity index (χ3v) is 5.09. The highest BCUT2D eigenvalue weighted by Crippen LogP contribution is 2.25. The van der Waals surface area contributed by atoms with E-state index in [0.717, 1.165) is 36.9 Å². The second kappa shape index (κ2) is 8.34. The van der Waals surface area contributed by atoms with E-state index in [1.54, 1.807) is 0 Å². The summed E-state index contributed by atoms with van der Waals surface area (Å²) in [5.41, 5.74) is 1.68. The average Bonchev–Trinajstić information content (AvgIpc) is 2.65. The fourth-order valence-corrected chi connectivity index (χ4v) is 3.60. The van der Waals surface area contributed by atoms with E-state index < -0.39 is 0 Å². The lowest BCUT2D eigenvalue weighted by molar-refractivity contribution is -0.117. The van der Waals surface area contributed by atoms with E-state index in [2.05, 4.69) is 17.3 Å². The van der Waals surface area contributed by atoms with Gasteiger partial charge < -0.3 is 15.0 Å². The van der Waals surface area contributed by atoms with Crippen molar-refractivity contribution in [3.05, 3.63) is 35.4 Å². The molecule has 3 rings (SSSR count). The van der Waals surface area contributed by atoms with Gasteiger partial charge in [-0.15, -0.1) is 0 Å². The summed E-state index contributed by atoms with van der Waals surface area (Å²) in [6.07, 6.45) is 9.69. The Hall–Kier alpha value is -1.81. The molecule has 1 aromatic carbocycles. The zero-order valence-corrected chi connectivity index (χ0v) is 14.6. The minimum Gasteiger partial charge on any atom is -0.488 e. The molecule has 0 atom stereocenters. The number of ether oxygens (including phenoxy) is 1. The van der Waals surface area contributed by atoms with Crippen LogP contribution in [0.5, 0.6) is 5.75 Å². The molecule has 1 saturated carbocycles. The van der Waals surface area contributed by atoms with E-state index in [1.165, 1.54) is 32.1 Å². The van der Waals surface area contributed by atoms with Crippen LogP contribution in [0.4, 0.5) is 0 Å². The molecule has 1 aromatic rings. The third-order valence-electron chi connectivity index (χ3n) is 5.09. The lowest BCUT2D eigenvalue weighted by Crippen LogP contribution is -2.36. The number of carbonyl (C=O) groups excluding carboxylic acids is 1. The fourth-order valence-electron chi connectivity index (χ4n) is 3.60. The number of hydrogen-bond acceptors (Lipinski definition) is 3. The Morgan fingerprint density at radius 3 is 2.88 bits per heavy atom. The molecule has 0 radical (unpaired) electrons. The molecule has 0 bridgehead atoms. The van der Waals surface area contributed by atoms with Gasteiger partial charge in [-0.3, -0.25) is 4.79 Å². The van der Waals surface area contributed by atoms with Crippen molar-refractivity contribution in [1.29, 1.82) is 0 Å². The van der Waals surface area contributed by atoms with E-state index in [0.29, 0.717) is 12.2 Å². The highest BCUT2D eigenvalue weighted by Gasteiger charge is 2.18. The minimum atomic E-state index is -0.00942. The normalized spacial score (nSPS) is 17.8. The summed E-state index contributed by atoms with van der Waals surface area (Å²) in [5, 5.41) is 3.03. The molecule has 24 heavy (non-hydrogen) atoms. The van der Waals surface area contributed by atoms with Crippen LogP contribution in [0.25, 0.3) is 6.08 Å². The largest absolute Gasteiger partial charge is 0.488 e. The van der Waals surface area contributed by atoms with Crippen molar-refractivity contribution in [3.8, 4) is 5.75 Å². The van der Waals surface area contributed by atoms with Crippen LogP contribution in [0, 0.1) is 0 Å². The molecule has 0 saturated heterocycles. The van der Waals surface area contributed by atoms with Gasteiger partial charge in [-0.2, -0.15) is 0 Å². The van der Waals surface area contributed by atoms with Crippen molar-refractivity contribution < 1.29 is 9.53 Å². The molecular weight excluding hydrogens is 300 g/mol. The van der Waals surface area contributed by atoms with Gasteiger partial charge in [0, 0.05) is 18.2 Å². The summed E-state index contributed by atoms with van der Waals surface area (Å²) in [6.45, 7) is 2.11. The van der Waals surface area contributed by atoms with Crippen molar-refractivity contribution in [2.75, 3.05) is 26.7 Å². The Kier molecular flexibility index (Phi) is 5.91. The van der Waals surface area contributed by atoms with E-state index in [1.807, 2.05) is 30.3 Å². The van der Waals surface area contributed by atoms with Crippen molar-refractivity contribution in [3.63, 3.8) is 0 Å². The minimum absolute atomic E-state index is 0.00942. The zero-order chi connectivity index (χ0) is 16.8. The van der Waals surface area contributed by atoms with Gasteiger partial charge in [0.1, 0.15) is 12.4 Å². The van der Waals surface area contributed by atoms with Gasteiger partial charge in [0.15, 0.2) is 0 Å². The number of benzene rings is 1. The monoisotopic (exact) mass is 328 g/mol. The average molecular weight is 328 g/mol. The molecule has 1 fully saturated rings. The van der Waals surface area contributed by atoms with E-state index in [-0.39, 0.29) is 5.91 Å². The Balaban J connectivity index is 1.41. The maximum absolute atomic E-state index is 12.3. The summed E-state index contributed by atoms with van der Waals surface area (Å²) in [6, 6.07) is 8.55. The molecule has 1 N–H and O–H groups in total. The highest BCUT2D eigenvalue weighted by atomic mass is 16.5. The summed E-state index contributed by atoms with van der Waals surface area (Å²) < 4.78 is 5.64. The second-order valence-electron chi connectivity index (χ2n) is 6.88. The van der Waals surface area contributed by atoms with Gasteiger partial charge in [0.2, 0.25) is 0 Å². The summed E-state index contributed by atoms with van der Waals surface area (Å²) in [5.74, 6) is 0.841. The summed E-state index contributed by atoms with van der Waals surface area (Å²) >= 11 is 0. The number of rotatable bonds is 6. The molecule has 1 heterocycles. The van der Waals surface area contributed by atoms with Crippen LogP contribution in [0.3, 0.4) is 0 Å². The fraction of sp³-hybridized carbons (Fsp3) is 0.550. The molecule has 4 heteroatoms. The number of carbonyl (C=O) groups is 1. The number of nitrogens with one attached hydrogen (secondary N) is 1.